The first kappa shape index (κ1) is 13.9. The maximum Gasteiger partial charge on any atom is 0.117 e. The summed E-state index contributed by atoms with van der Waals surface area (Å²) >= 11 is 0. The third-order valence-corrected chi connectivity index (χ3v) is 4.00. The van der Waals surface area contributed by atoms with Crippen LogP contribution in [-0.2, 0) is 16.0 Å². The number of aromatic nitrogens is 1. The molecule has 0 aromatic carbocycles. The SMILES string of the molecule is CN1CCOC2(COCCN(Cc3cccnc3)C2)C1. The molecular weight excluding hydrogens is 254 g/mol. The van der Waals surface area contributed by atoms with Crippen molar-refractivity contribution in [2.24, 2.45) is 0 Å². The Morgan fingerprint density at radius 3 is 3.05 bits per heavy atom. The van der Waals surface area contributed by atoms with Gasteiger partial charge in [-0.2, -0.15) is 0 Å². The summed E-state index contributed by atoms with van der Waals surface area (Å²) < 4.78 is 11.9. The molecule has 3 rings (SSSR count). The molecule has 2 aliphatic rings. The van der Waals surface area contributed by atoms with Crippen LogP contribution in [-0.4, -0.2) is 73.4 Å². The standard InChI is InChI=1S/C15H23N3O2/c1-17-5-8-20-15(11-17)12-18(6-7-19-13-15)10-14-3-2-4-16-9-14/h2-4,9H,5-8,10-13H2,1H3. The second-order valence-electron chi connectivity index (χ2n) is 5.89. The highest BCUT2D eigenvalue weighted by Crippen LogP contribution is 2.22. The normalized spacial score (nSPS) is 29.4. The van der Waals surface area contributed by atoms with Crippen molar-refractivity contribution in [1.29, 1.82) is 0 Å². The van der Waals surface area contributed by atoms with Crippen LogP contribution in [0.3, 0.4) is 0 Å². The van der Waals surface area contributed by atoms with Crippen molar-refractivity contribution in [2.75, 3.05) is 53.0 Å². The maximum absolute atomic E-state index is 6.10. The first-order valence-corrected chi connectivity index (χ1v) is 7.27. The van der Waals surface area contributed by atoms with Crippen LogP contribution in [0.4, 0.5) is 0 Å². The Morgan fingerprint density at radius 2 is 2.25 bits per heavy atom. The molecule has 5 nitrogen and oxygen atoms in total. The van der Waals surface area contributed by atoms with Gasteiger partial charge in [-0.25, -0.2) is 0 Å². The van der Waals surface area contributed by atoms with Gasteiger partial charge in [0.25, 0.3) is 0 Å². The molecule has 1 aromatic heterocycles. The van der Waals surface area contributed by atoms with E-state index in [9.17, 15) is 0 Å². The van der Waals surface area contributed by atoms with Gasteiger partial charge in [0.15, 0.2) is 0 Å². The summed E-state index contributed by atoms with van der Waals surface area (Å²) in [7, 11) is 2.15. The number of morpholine rings is 1. The Morgan fingerprint density at radius 1 is 1.30 bits per heavy atom. The summed E-state index contributed by atoms with van der Waals surface area (Å²) in [5, 5.41) is 0. The Bertz CT molecular complexity index is 428. The summed E-state index contributed by atoms with van der Waals surface area (Å²) in [6.45, 7) is 6.99. The fraction of sp³-hybridized carbons (Fsp3) is 0.667. The maximum atomic E-state index is 6.10. The zero-order valence-corrected chi connectivity index (χ0v) is 12.1. The van der Waals surface area contributed by atoms with Crippen LogP contribution in [0, 0.1) is 0 Å². The first-order valence-electron chi connectivity index (χ1n) is 7.27. The van der Waals surface area contributed by atoms with Gasteiger partial charge in [-0.1, -0.05) is 6.07 Å². The van der Waals surface area contributed by atoms with Crippen LogP contribution >= 0.6 is 0 Å². The summed E-state index contributed by atoms with van der Waals surface area (Å²) in [6, 6.07) is 4.11. The molecule has 110 valence electrons. The van der Waals surface area contributed by atoms with Crippen LogP contribution in [0.15, 0.2) is 24.5 Å². The van der Waals surface area contributed by atoms with Gasteiger partial charge < -0.3 is 14.4 Å². The van der Waals surface area contributed by atoms with Gasteiger partial charge in [-0.3, -0.25) is 9.88 Å². The molecule has 2 fully saturated rings. The van der Waals surface area contributed by atoms with Gasteiger partial charge in [0.1, 0.15) is 5.60 Å². The lowest BCUT2D eigenvalue weighted by Gasteiger charge is -2.42. The van der Waals surface area contributed by atoms with Crippen molar-refractivity contribution < 1.29 is 9.47 Å². The van der Waals surface area contributed by atoms with Crippen LogP contribution in [0.25, 0.3) is 0 Å². The number of hydrogen-bond acceptors (Lipinski definition) is 5. The van der Waals surface area contributed by atoms with Crippen molar-refractivity contribution in [1.82, 2.24) is 14.8 Å². The van der Waals surface area contributed by atoms with E-state index in [2.05, 4.69) is 27.9 Å². The van der Waals surface area contributed by atoms with E-state index in [0.717, 1.165) is 45.9 Å². The van der Waals surface area contributed by atoms with Crippen molar-refractivity contribution in [2.45, 2.75) is 12.1 Å². The van der Waals surface area contributed by atoms with E-state index in [1.165, 1.54) is 5.56 Å². The van der Waals surface area contributed by atoms with Gasteiger partial charge in [0.05, 0.1) is 19.8 Å². The summed E-state index contributed by atoms with van der Waals surface area (Å²) in [5.41, 5.74) is 1.07. The number of ether oxygens (including phenoxy) is 2. The molecule has 20 heavy (non-hydrogen) atoms. The molecule has 1 spiro atoms. The average molecular weight is 277 g/mol. The molecule has 2 aliphatic heterocycles. The molecular formula is C15H23N3O2. The molecule has 0 amide bonds. The smallest absolute Gasteiger partial charge is 0.117 e. The van der Waals surface area contributed by atoms with Crippen LogP contribution in [0.5, 0.6) is 0 Å². The number of pyridine rings is 1. The highest BCUT2D eigenvalue weighted by molar-refractivity contribution is 5.08. The summed E-state index contributed by atoms with van der Waals surface area (Å²) in [5.74, 6) is 0. The summed E-state index contributed by atoms with van der Waals surface area (Å²) in [6.07, 6.45) is 3.75. The third kappa shape index (κ3) is 3.35. The van der Waals surface area contributed by atoms with Gasteiger partial charge in [0, 0.05) is 45.1 Å². The fourth-order valence-corrected chi connectivity index (χ4v) is 3.09. The van der Waals surface area contributed by atoms with Crippen molar-refractivity contribution in [3.63, 3.8) is 0 Å². The fourth-order valence-electron chi connectivity index (χ4n) is 3.09. The molecule has 0 N–H and O–H groups in total. The second-order valence-corrected chi connectivity index (χ2v) is 5.89. The monoisotopic (exact) mass is 277 g/mol. The molecule has 0 saturated carbocycles. The molecule has 1 atom stereocenters. The van der Waals surface area contributed by atoms with Crippen LogP contribution < -0.4 is 0 Å². The minimum atomic E-state index is -0.175. The van der Waals surface area contributed by atoms with Crippen molar-refractivity contribution >= 4 is 0 Å². The molecule has 3 heterocycles. The van der Waals surface area contributed by atoms with E-state index in [0.29, 0.717) is 6.61 Å². The number of nitrogens with zero attached hydrogens (tertiary/aromatic N) is 3. The quantitative estimate of drug-likeness (QED) is 0.792. The number of likely N-dealkylation sites (N-methyl/N-ethyl adjacent to an activating group) is 1. The van der Waals surface area contributed by atoms with Gasteiger partial charge in [0.2, 0.25) is 0 Å². The lowest BCUT2D eigenvalue weighted by molar-refractivity contribution is -0.137. The predicted molar refractivity (Wildman–Crippen MR) is 76.5 cm³/mol. The van der Waals surface area contributed by atoms with Crippen LogP contribution in [0.2, 0.25) is 0 Å². The van der Waals surface area contributed by atoms with Crippen molar-refractivity contribution in [3.05, 3.63) is 30.1 Å². The van der Waals surface area contributed by atoms with Gasteiger partial charge in [-0.15, -0.1) is 0 Å². The average Bonchev–Trinajstić information content (AvgIpc) is 2.62. The Hall–Kier alpha value is -1.01. The molecule has 0 radical (unpaired) electrons. The van der Waals surface area contributed by atoms with Gasteiger partial charge >= 0.3 is 0 Å². The molecule has 0 aliphatic carbocycles. The minimum Gasteiger partial charge on any atom is -0.377 e. The molecule has 1 unspecified atom stereocenters. The van der Waals surface area contributed by atoms with E-state index >= 15 is 0 Å². The second kappa shape index (κ2) is 6.18. The molecule has 2 saturated heterocycles. The third-order valence-electron chi connectivity index (χ3n) is 4.00. The van der Waals surface area contributed by atoms with Crippen LogP contribution in [0.1, 0.15) is 5.56 Å². The zero-order valence-electron chi connectivity index (χ0n) is 12.1. The molecule has 0 bridgehead atoms. The highest BCUT2D eigenvalue weighted by Gasteiger charge is 2.39. The first-order chi connectivity index (χ1) is 9.76. The van der Waals surface area contributed by atoms with E-state index in [4.69, 9.17) is 9.47 Å². The Labute approximate surface area is 120 Å². The van der Waals surface area contributed by atoms with E-state index in [1.54, 1.807) is 0 Å². The van der Waals surface area contributed by atoms with Crippen molar-refractivity contribution in [3.8, 4) is 0 Å². The predicted octanol–water partition coefficient (Wildman–Crippen LogP) is 0.615. The highest BCUT2D eigenvalue weighted by atomic mass is 16.5. The Balaban J connectivity index is 1.69. The van der Waals surface area contributed by atoms with E-state index in [1.807, 2.05) is 18.5 Å². The number of rotatable bonds is 2. The largest absolute Gasteiger partial charge is 0.377 e. The van der Waals surface area contributed by atoms with E-state index in [-0.39, 0.29) is 5.60 Å². The lowest BCUT2D eigenvalue weighted by atomic mass is 10.0. The molecule has 1 aromatic rings. The molecule has 5 heteroatoms. The number of hydrogen-bond donors (Lipinski definition) is 0. The van der Waals surface area contributed by atoms with E-state index < -0.39 is 0 Å². The lowest BCUT2D eigenvalue weighted by Crippen LogP contribution is -2.57. The Kier molecular flexibility index (Phi) is 4.31. The minimum absolute atomic E-state index is 0.175. The summed E-state index contributed by atoms with van der Waals surface area (Å²) in [4.78, 5) is 8.95. The topological polar surface area (TPSA) is 37.8 Å². The zero-order chi connectivity index (χ0) is 13.8. The van der Waals surface area contributed by atoms with Gasteiger partial charge in [-0.05, 0) is 18.7 Å².